The molecule has 3 aromatic carbocycles. The van der Waals surface area contributed by atoms with Gasteiger partial charge in [0.25, 0.3) is 0 Å². The average Bonchev–Trinajstić information content (AvgIpc) is 3.24. The zero-order valence-corrected chi connectivity index (χ0v) is 18.4. The Morgan fingerprint density at radius 3 is 2.06 bits per heavy atom. The zero-order chi connectivity index (χ0) is 22.8. The SMILES string of the molecule is CS(=O)(=O)c1ccc(Oc2cc(Oc3ccccc3)cc(-c3nc4ncccc4[nH]3)c2)cc1. The number of hydrogen-bond acceptors (Lipinski definition) is 6. The third-order valence-corrected chi connectivity index (χ3v) is 6.01. The molecule has 0 aliphatic carbocycles. The third kappa shape index (κ3) is 4.70. The lowest BCUT2D eigenvalue weighted by Crippen LogP contribution is -1.96. The van der Waals surface area contributed by atoms with Crippen LogP contribution in [0.2, 0.25) is 0 Å². The van der Waals surface area contributed by atoms with Crippen LogP contribution in [0.15, 0.2) is 96.0 Å². The van der Waals surface area contributed by atoms with Gasteiger partial charge in [0.05, 0.1) is 10.4 Å². The molecule has 0 saturated heterocycles. The monoisotopic (exact) mass is 457 g/mol. The van der Waals surface area contributed by atoms with Gasteiger partial charge in [-0.05, 0) is 60.7 Å². The molecule has 0 amide bonds. The van der Waals surface area contributed by atoms with Gasteiger partial charge in [0.1, 0.15) is 28.8 Å². The summed E-state index contributed by atoms with van der Waals surface area (Å²) in [5, 5.41) is 0. The summed E-state index contributed by atoms with van der Waals surface area (Å²) >= 11 is 0. The maximum atomic E-state index is 11.7. The molecule has 33 heavy (non-hydrogen) atoms. The summed E-state index contributed by atoms with van der Waals surface area (Å²) in [7, 11) is -3.28. The maximum Gasteiger partial charge on any atom is 0.178 e. The number of pyridine rings is 1. The first-order valence-corrected chi connectivity index (χ1v) is 12.0. The molecule has 0 aliphatic rings. The average molecular weight is 458 g/mol. The number of aromatic amines is 1. The Hall–Kier alpha value is -4.17. The molecule has 0 aliphatic heterocycles. The van der Waals surface area contributed by atoms with Gasteiger partial charge in [-0.25, -0.2) is 18.4 Å². The second-order valence-electron chi connectivity index (χ2n) is 7.41. The van der Waals surface area contributed by atoms with Gasteiger partial charge in [-0.3, -0.25) is 0 Å². The molecule has 0 unspecified atom stereocenters. The Morgan fingerprint density at radius 2 is 1.42 bits per heavy atom. The molecule has 5 aromatic rings. The number of nitrogens with zero attached hydrogens (tertiary/aromatic N) is 2. The fourth-order valence-corrected chi connectivity index (χ4v) is 3.95. The van der Waals surface area contributed by atoms with Crippen molar-refractivity contribution in [3.05, 3.63) is 91.1 Å². The topological polar surface area (TPSA) is 94.2 Å². The van der Waals surface area contributed by atoms with Crippen molar-refractivity contribution in [1.82, 2.24) is 15.0 Å². The van der Waals surface area contributed by atoms with E-state index in [1.54, 1.807) is 24.4 Å². The zero-order valence-electron chi connectivity index (χ0n) is 17.6. The van der Waals surface area contributed by atoms with E-state index in [-0.39, 0.29) is 4.90 Å². The standard InChI is InChI=1S/C25H19N3O4S/c1-33(29,30)22-11-9-19(10-12-22)32-21-15-17(24-27-23-8-5-13-26-25(23)28-24)14-20(16-21)31-18-6-3-2-4-7-18/h2-16H,1H3,(H,26,27,28). The molecule has 0 fully saturated rings. The Morgan fingerprint density at radius 1 is 0.758 bits per heavy atom. The van der Waals surface area contributed by atoms with Crippen LogP contribution < -0.4 is 9.47 Å². The van der Waals surface area contributed by atoms with Crippen LogP contribution in [0.25, 0.3) is 22.6 Å². The molecule has 2 aromatic heterocycles. The van der Waals surface area contributed by atoms with Crippen molar-refractivity contribution in [3.63, 3.8) is 0 Å². The van der Waals surface area contributed by atoms with E-state index in [2.05, 4.69) is 15.0 Å². The summed E-state index contributed by atoms with van der Waals surface area (Å²) in [6.45, 7) is 0. The van der Waals surface area contributed by atoms with E-state index in [0.29, 0.717) is 34.5 Å². The van der Waals surface area contributed by atoms with Crippen molar-refractivity contribution in [2.24, 2.45) is 0 Å². The summed E-state index contributed by atoms with van der Waals surface area (Å²) in [6.07, 6.45) is 2.86. The molecule has 0 spiro atoms. The number of fused-ring (bicyclic) bond motifs is 1. The minimum absolute atomic E-state index is 0.228. The lowest BCUT2D eigenvalue weighted by atomic mass is 10.2. The number of aromatic nitrogens is 3. The predicted octanol–water partition coefficient (Wildman–Crippen LogP) is 5.61. The van der Waals surface area contributed by atoms with E-state index in [1.165, 1.54) is 18.4 Å². The molecule has 0 bridgehead atoms. The predicted molar refractivity (Wildman–Crippen MR) is 125 cm³/mol. The summed E-state index contributed by atoms with van der Waals surface area (Å²) in [5.41, 5.74) is 2.19. The molecule has 0 saturated carbocycles. The highest BCUT2D eigenvalue weighted by Crippen LogP contribution is 2.34. The third-order valence-electron chi connectivity index (χ3n) is 4.88. The fraction of sp³-hybridized carbons (Fsp3) is 0.0400. The second-order valence-corrected chi connectivity index (χ2v) is 9.43. The largest absolute Gasteiger partial charge is 0.457 e. The van der Waals surface area contributed by atoms with Crippen molar-refractivity contribution in [3.8, 4) is 34.4 Å². The Labute approximate surface area is 190 Å². The molecule has 2 heterocycles. The number of nitrogens with one attached hydrogen (secondary N) is 1. The molecular formula is C25H19N3O4S. The molecule has 5 rings (SSSR count). The van der Waals surface area contributed by atoms with E-state index in [0.717, 1.165) is 11.1 Å². The van der Waals surface area contributed by atoms with Crippen LogP contribution in [0.4, 0.5) is 0 Å². The van der Waals surface area contributed by atoms with Crippen molar-refractivity contribution >= 4 is 21.0 Å². The number of rotatable bonds is 6. The molecule has 0 atom stereocenters. The summed E-state index contributed by atoms with van der Waals surface area (Å²) in [5.74, 6) is 2.88. The van der Waals surface area contributed by atoms with Crippen molar-refractivity contribution in [1.29, 1.82) is 0 Å². The van der Waals surface area contributed by atoms with E-state index in [1.807, 2.05) is 54.6 Å². The Balaban J connectivity index is 1.53. The first kappa shape index (κ1) is 20.7. The van der Waals surface area contributed by atoms with Gasteiger partial charge in [0, 0.05) is 24.1 Å². The number of hydrogen-bond donors (Lipinski definition) is 1. The van der Waals surface area contributed by atoms with Gasteiger partial charge >= 0.3 is 0 Å². The summed E-state index contributed by atoms with van der Waals surface area (Å²) in [4.78, 5) is 12.4. The number of sulfone groups is 1. The Bertz CT molecular complexity index is 1500. The van der Waals surface area contributed by atoms with Crippen LogP contribution in [0.1, 0.15) is 0 Å². The smallest absolute Gasteiger partial charge is 0.178 e. The van der Waals surface area contributed by atoms with E-state index in [9.17, 15) is 8.42 Å². The number of H-pyrrole nitrogens is 1. The van der Waals surface area contributed by atoms with Crippen LogP contribution in [0.3, 0.4) is 0 Å². The minimum atomic E-state index is -3.28. The lowest BCUT2D eigenvalue weighted by Gasteiger charge is -2.12. The van der Waals surface area contributed by atoms with Gasteiger partial charge in [-0.1, -0.05) is 18.2 Å². The fourth-order valence-electron chi connectivity index (χ4n) is 3.32. The van der Waals surface area contributed by atoms with Crippen molar-refractivity contribution in [2.45, 2.75) is 4.90 Å². The summed E-state index contributed by atoms with van der Waals surface area (Å²) in [6, 6.07) is 24.9. The molecule has 7 nitrogen and oxygen atoms in total. The number of para-hydroxylation sites is 1. The number of ether oxygens (including phenoxy) is 2. The number of benzene rings is 3. The van der Waals surface area contributed by atoms with Gasteiger partial charge in [0.2, 0.25) is 0 Å². The van der Waals surface area contributed by atoms with E-state index >= 15 is 0 Å². The quantitative estimate of drug-likeness (QED) is 0.356. The van der Waals surface area contributed by atoms with Crippen LogP contribution in [-0.2, 0) is 9.84 Å². The van der Waals surface area contributed by atoms with Gasteiger partial charge in [-0.2, -0.15) is 0 Å². The highest BCUT2D eigenvalue weighted by Gasteiger charge is 2.12. The minimum Gasteiger partial charge on any atom is -0.457 e. The van der Waals surface area contributed by atoms with Crippen LogP contribution >= 0.6 is 0 Å². The lowest BCUT2D eigenvalue weighted by molar-refractivity contribution is 0.460. The van der Waals surface area contributed by atoms with Crippen molar-refractivity contribution < 1.29 is 17.9 Å². The summed E-state index contributed by atoms with van der Waals surface area (Å²) < 4.78 is 35.5. The van der Waals surface area contributed by atoms with E-state index in [4.69, 9.17) is 9.47 Å². The molecule has 8 heteroatoms. The van der Waals surface area contributed by atoms with Crippen molar-refractivity contribution in [2.75, 3.05) is 6.26 Å². The number of imidazole rings is 1. The molecule has 164 valence electrons. The Kier molecular flexibility index (Phi) is 5.27. The van der Waals surface area contributed by atoms with Gasteiger partial charge in [-0.15, -0.1) is 0 Å². The van der Waals surface area contributed by atoms with Crippen LogP contribution in [-0.4, -0.2) is 29.6 Å². The first-order valence-electron chi connectivity index (χ1n) is 10.1. The molecule has 0 radical (unpaired) electrons. The van der Waals surface area contributed by atoms with Crippen LogP contribution in [0.5, 0.6) is 23.0 Å². The second kappa shape index (κ2) is 8.40. The molecule has 1 N–H and O–H groups in total. The first-order chi connectivity index (χ1) is 15.9. The van der Waals surface area contributed by atoms with E-state index < -0.39 is 9.84 Å². The maximum absolute atomic E-state index is 11.7. The highest BCUT2D eigenvalue weighted by atomic mass is 32.2. The van der Waals surface area contributed by atoms with Gasteiger partial charge in [0.15, 0.2) is 15.5 Å². The van der Waals surface area contributed by atoms with Gasteiger partial charge < -0.3 is 14.5 Å². The van der Waals surface area contributed by atoms with Crippen LogP contribution in [0, 0.1) is 0 Å². The highest BCUT2D eigenvalue weighted by molar-refractivity contribution is 7.90. The molecular weight excluding hydrogens is 438 g/mol. The normalized spacial score (nSPS) is 11.4.